The van der Waals surface area contributed by atoms with Crippen molar-refractivity contribution in [3.8, 4) is 0 Å². The van der Waals surface area contributed by atoms with Gasteiger partial charge in [0.1, 0.15) is 36.3 Å². The molecule has 2 aromatic heterocycles. The molecule has 15 N–H and O–H groups in total. The van der Waals surface area contributed by atoms with E-state index in [1.54, 1.807) is 37.4 Å². The SMILES string of the molecule is Cc1[nH]c2ccccc2c1[C@@H](NC(=O)C1Cc2cccc3c2N1C(=O)[C@@H](N)CC3)C(=O)N[C@H](CCCCN)C(=O)N[C@@H](Cc1c[nH]c2ccccc12)C(=O)N[C@H](Cc1ccccc1)C(=O)N[C@@H](CCCCN)C(N)=O. The van der Waals surface area contributed by atoms with Crippen molar-refractivity contribution < 1.29 is 33.6 Å². The number of anilines is 1. The molecule has 19 heteroatoms. The number of benzene rings is 4. The molecule has 6 aromatic rings. The highest BCUT2D eigenvalue weighted by molar-refractivity contribution is 6.08. The Kier molecular flexibility index (Phi) is 17.4. The fourth-order valence-corrected chi connectivity index (χ4v) is 10.4. The summed E-state index contributed by atoms with van der Waals surface area (Å²) in [5.74, 6) is -4.49. The summed E-state index contributed by atoms with van der Waals surface area (Å²) in [6.07, 6.45) is 5.31. The van der Waals surface area contributed by atoms with Crippen LogP contribution < -0.4 is 54.4 Å². The zero-order chi connectivity index (χ0) is 53.2. The molecule has 19 nitrogen and oxygen atoms in total. The van der Waals surface area contributed by atoms with E-state index in [-0.39, 0.29) is 38.0 Å². The molecular weight excluding hydrogens is 953 g/mol. The first-order valence-corrected chi connectivity index (χ1v) is 25.8. The first kappa shape index (κ1) is 53.4. The number of para-hydroxylation sites is 3. The van der Waals surface area contributed by atoms with Gasteiger partial charge in [-0.1, -0.05) is 84.9 Å². The Bertz CT molecular complexity index is 3040. The third-order valence-corrected chi connectivity index (χ3v) is 14.4. The number of aromatic nitrogens is 2. The minimum absolute atomic E-state index is 0.0331. The van der Waals surface area contributed by atoms with E-state index in [0.717, 1.165) is 22.0 Å². The molecule has 0 fully saturated rings. The first-order chi connectivity index (χ1) is 36.3. The van der Waals surface area contributed by atoms with Crippen LogP contribution in [0.15, 0.2) is 103 Å². The molecule has 0 radical (unpaired) electrons. The molecule has 7 amide bonds. The summed E-state index contributed by atoms with van der Waals surface area (Å²) in [5, 5.41) is 15.9. The number of unbranched alkanes of at least 4 members (excludes halogenated alkanes) is 2. The summed E-state index contributed by atoms with van der Waals surface area (Å²) in [6, 6.07) is 21.5. The maximum atomic E-state index is 15.2. The van der Waals surface area contributed by atoms with Crippen molar-refractivity contribution in [2.45, 2.75) is 120 Å². The molecule has 0 saturated heterocycles. The smallest absolute Gasteiger partial charge is 0.247 e. The Hall–Kier alpha value is -7.87. The number of nitrogens with zero attached hydrogens (tertiary/aromatic N) is 1. The van der Waals surface area contributed by atoms with Crippen molar-refractivity contribution >= 4 is 68.8 Å². The summed E-state index contributed by atoms with van der Waals surface area (Å²) >= 11 is 0. The van der Waals surface area contributed by atoms with Crippen LogP contribution in [0.2, 0.25) is 0 Å². The molecule has 2 aliphatic rings. The Balaban J connectivity index is 1.10. The normalized spacial score (nSPS) is 17.0. The number of hydrogen-bond donors (Lipinski definition) is 11. The van der Waals surface area contributed by atoms with Crippen LogP contribution in [0.25, 0.3) is 21.8 Å². The Morgan fingerprint density at radius 2 is 1.24 bits per heavy atom. The molecule has 8 rings (SSSR count). The standard InChI is InChI=1S/C56H68N12O7/c1-32-47(38-19-6-8-21-41(38)62-32)48(67-54(73)46-30-35-17-13-16-34-24-25-39(59)56(75)68(46)49(34)35)55(74)64-43(23-10-12-27-58)51(70)66-45(29-36-31-61-40-20-7-5-18-37(36)40)53(72)65-44(28-33-14-3-2-4-15-33)52(71)63-42(50(60)69)22-9-11-26-57/h2-8,13-21,31,39,42-46,48,61-62H,9-12,22-30,57-59H2,1H3,(H2,60,69)(H,63,71)(H,64,74)(H,65,72)(H,66,70)(H,67,73)/t39-,42-,43+,44+,45-,46?,48+/m0/s1. The molecule has 7 atom stereocenters. The van der Waals surface area contributed by atoms with Crippen LogP contribution >= 0.6 is 0 Å². The molecule has 394 valence electrons. The van der Waals surface area contributed by atoms with E-state index in [1.165, 1.54) is 4.90 Å². The number of aromatic amines is 2. The van der Waals surface area contributed by atoms with Crippen molar-refractivity contribution in [1.82, 2.24) is 36.6 Å². The molecule has 0 saturated carbocycles. The number of H-pyrrole nitrogens is 2. The van der Waals surface area contributed by atoms with Crippen LogP contribution in [0, 0.1) is 6.92 Å². The fraction of sp³-hybridized carbons (Fsp3) is 0.375. The Labute approximate surface area is 435 Å². The molecule has 4 heterocycles. The maximum Gasteiger partial charge on any atom is 0.247 e. The van der Waals surface area contributed by atoms with Crippen LogP contribution in [0.3, 0.4) is 0 Å². The monoisotopic (exact) mass is 1020 g/mol. The molecule has 2 aliphatic heterocycles. The summed E-state index contributed by atoms with van der Waals surface area (Å²) < 4.78 is 0. The second kappa shape index (κ2) is 24.4. The van der Waals surface area contributed by atoms with Crippen molar-refractivity contribution in [3.63, 3.8) is 0 Å². The van der Waals surface area contributed by atoms with Crippen LogP contribution in [-0.4, -0.2) is 101 Å². The van der Waals surface area contributed by atoms with E-state index in [4.69, 9.17) is 22.9 Å². The molecule has 75 heavy (non-hydrogen) atoms. The number of rotatable bonds is 24. The number of amides is 7. The van der Waals surface area contributed by atoms with E-state index in [2.05, 4.69) is 36.6 Å². The van der Waals surface area contributed by atoms with Gasteiger partial charge in [-0.3, -0.25) is 38.5 Å². The van der Waals surface area contributed by atoms with Crippen molar-refractivity contribution in [1.29, 1.82) is 0 Å². The fourth-order valence-electron chi connectivity index (χ4n) is 10.4. The first-order valence-electron chi connectivity index (χ1n) is 25.8. The topological polar surface area (TPSA) is 319 Å². The lowest BCUT2D eigenvalue weighted by atomic mass is 9.99. The summed E-state index contributed by atoms with van der Waals surface area (Å²) in [6.45, 7) is 2.49. The summed E-state index contributed by atoms with van der Waals surface area (Å²) in [4.78, 5) is 108. The Morgan fingerprint density at radius 3 is 1.93 bits per heavy atom. The second-order valence-electron chi connectivity index (χ2n) is 19.6. The number of carbonyl (C=O) groups excluding carboxylic acids is 7. The number of aryl methyl sites for hydroxylation is 2. The molecule has 0 aliphatic carbocycles. The van der Waals surface area contributed by atoms with Gasteiger partial charge in [0.25, 0.3) is 0 Å². The largest absolute Gasteiger partial charge is 0.368 e. The van der Waals surface area contributed by atoms with Gasteiger partial charge in [0.05, 0.1) is 11.7 Å². The van der Waals surface area contributed by atoms with Gasteiger partial charge in [-0.05, 0) is 106 Å². The lowest BCUT2D eigenvalue weighted by Crippen LogP contribution is -2.59. The third-order valence-electron chi connectivity index (χ3n) is 14.4. The molecule has 1 unspecified atom stereocenters. The number of primary amides is 1. The van der Waals surface area contributed by atoms with E-state index >= 15 is 4.79 Å². The maximum absolute atomic E-state index is 15.2. The summed E-state index contributed by atoms with van der Waals surface area (Å²) in [7, 11) is 0. The molecule has 0 bridgehead atoms. The van der Waals surface area contributed by atoms with Gasteiger partial charge in [-0.2, -0.15) is 0 Å². The van der Waals surface area contributed by atoms with Crippen molar-refractivity contribution in [2.75, 3.05) is 18.0 Å². The van der Waals surface area contributed by atoms with Gasteiger partial charge in [0.2, 0.25) is 41.4 Å². The van der Waals surface area contributed by atoms with Crippen molar-refractivity contribution in [3.05, 3.63) is 137 Å². The van der Waals surface area contributed by atoms with Gasteiger partial charge in [-0.15, -0.1) is 0 Å². The lowest BCUT2D eigenvalue weighted by molar-refractivity contribution is -0.135. The van der Waals surface area contributed by atoms with E-state index in [0.29, 0.717) is 90.6 Å². The van der Waals surface area contributed by atoms with Crippen LogP contribution in [0.4, 0.5) is 5.69 Å². The van der Waals surface area contributed by atoms with Gasteiger partial charge in [0, 0.05) is 58.5 Å². The predicted octanol–water partition coefficient (Wildman–Crippen LogP) is 2.51. The minimum atomic E-state index is -1.38. The average molecular weight is 1020 g/mol. The highest BCUT2D eigenvalue weighted by atomic mass is 16.2. The Morgan fingerprint density at radius 1 is 0.653 bits per heavy atom. The number of fused-ring (bicyclic) bond motifs is 2. The zero-order valence-electron chi connectivity index (χ0n) is 42.2. The van der Waals surface area contributed by atoms with Crippen molar-refractivity contribution in [2.24, 2.45) is 22.9 Å². The predicted molar refractivity (Wildman–Crippen MR) is 287 cm³/mol. The number of nitrogens with one attached hydrogen (secondary N) is 7. The minimum Gasteiger partial charge on any atom is -0.368 e. The second-order valence-corrected chi connectivity index (χ2v) is 19.6. The zero-order valence-corrected chi connectivity index (χ0v) is 42.2. The van der Waals surface area contributed by atoms with E-state index < -0.39 is 77.7 Å². The van der Waals surface area contributed by atoms with Gasteiger partial charge in [0.15, 0.2) is 0 Å². The molecule has 4 aromatic carbocycles. The molecular formula is C56H68N12O7. The van der Waals surface area contributed by atoms with Crippen LogP contribution in [-0.2, 0) is 59.2 Å². The molecule has 0 spiro atoms. The van der Waals surface area contributed by atoms with Gasteiger partial charge >= 0.3 is 0 Å². The van der Waals surface area contributed by atoms with Crippen LogP contribution in [0.1, 0.15) is 84.5 Å². The number of nitrogens with two attached hydrogens (primary N) is 4. The van der Waals surface area contributed by atoms with E-state index in [9.17, 15) is 28.8 Å². The number of hydrogen-bond acceptors (Lipinski definition) is 10. The average Bonchev–Trinajstić information content (AvgIpc) is 4.10. The van der Waals surface area contributed by atoms with Crippen LogP contribution in [0.5, 0.6) is 0 Å². The highest BCUT2D eigenvalue weighted by Crippen LogP contribution is 2.39. The summed E-state index contributed by atoms with van der Waals surface area (Å²) in [5.41, 5.74) is 30.1. The number of carbonyl (C=O) groups is 7. The van der Waals surface area contributed by atoms with E-state index in [1.807, 2.05) is 72.8 Å². The quantitative estimate of drug-likeness (QED) is 0.0394. The lowest BCUT2D eigenvalue weighted by Gasteiger charge is -2.29. The van der Waals surface area contributed by atoms with Gasteiger partial charge in [-0.25, -0.2) is 0 Å². The third kappa shape index (κ3) is 12.4. The van der Waals surface area contributed by atoms with Gasteiger partial charge < -0.3 is 59.5 Å². The highest BCUT2D eigenvalue weighted by Gasteiger charge is 2.44.